The number of Topliss-reactive ketones (excluding diaryl/α,β-unsaturated/α-hetero) is 1. The van der Waals surface area contributed by atoms with Gasteiger partial charge in [0.25, 0.3) is 5.56 Å². The van der Waals surface area contributed by atoms with Gasteiger partial charge < -0.3 is 14.6 Å². The average molecular weight is 649 g/mol. The molecule has 1 aliphatic rings. The second-order valence-electron chi connectivity index (χ2n) is 14.3. The maximum absolute atomic E-state index is 16.6. The standard InChI is InChI=1S/C39H50F2N2O4/c1-22(2)14-32(43-21-28(10-9-13-42(7)8)23(3)18-34(43)45)33(44)19-30(20-35(46)47)37-38(40)26(6)17-31(39(37)41)36-24(4)15-29(16-25(36)5)27-11-12-27/h15-18,21-22,27,30,32H,9-14,19-20H2,1-8H3,(H,46,47)/t30-,32?/m0/s1. The molecule has 0 spiro atoms. The first-order valence-electron chi connectivity index (χ1n) is 16.8. The normalized spacial score (nSPS) is 14.6. The van der Waals surface area contributed by atoms with Crippen LogP contribution in [0, 0.1) is 45.2 Å². The van der Waals surface area contributed by atoms with Crippen molar-refractivity contribution < 1.29 is 23.5 Å². The predicted octanol–water partition coefficient (Wildman–Crippen LogP) is 8.20. The summed E-state index contributed by atoms with van der Waals surface area (Å²) in [6.45, 7) is 12.0. The Balaban J connectivity index is 1.77. The minimum Gasteiger partial charge on any atom is -0.481 e. The number of aromatic nitrogens is 1. The van der Waals surface area contributed by atoms with Crippen LogP contribution < -0.4 is 5.56 Å². The molecule has 4 rings (SSSR count). The molecule has 1 saturated carbocycles. The lowest BCUT2D eigenvalue weighted by Gasteiger charge is -2.26. The molecule has 0 bridgehead atoms. The number of nitrogens with zero attached hydrogens (tertiary/aromatic N) is 2. The Hall–Kier alpha value is -3.65. The van der Waals surface area contributed by atoms with E-state index in [0.717, 1.165) is 54.5 Å². The molecular weight excluding hydrogens is 598 g/mol. The van der Waals surface area contributed by atoms with Crippen LogP contribution in [0.4, 0.5) is 8.78 Å². The second kappa shape index (κ2) is 15.1. The van der Waals surface area contributed by atoms with Crippen LogP contribution >= 0.6 is 0 Å². The maximum Gasteiger partial charge on any atom is 0.303 e. The van der Waals surface area contributed by atoms with E-state index in [-0.39, 0.29) is 28.2 Å². The molecule has 8 heteroatoms. The van der Waals surface area contributed by atoms with E-state index in [2.05, 4.69) is 17.0 Å². The molecule has 254 valence electrons. The second-order valence-corrected chi connectivity index (χ2v) is 14.3. The molecule has 1 aromatic heterocycles. The van der Waals surface area contributed by atoms with Crippen molar-refractivity contribution in [3.63, 3.8) is 0 Å². The fraction of sp³-hybridized carbons (Fsp3) is 0.513. The highest BCUT2D eigenvalue weighted by Gasteiger charge is 2.33. The third-order valence-corrected chi connectivity index (χ3v) is 9.42. The number of aryl methyl sites for hydroxylation is 5. The lowest BCUT2D eigenvalue weighted by molar-refractivity contribution is -0.137. The number of aliphatic carboxylic acids is 1. The molecule has 1 N–H and O–H groups in total. The number of benzene rings is 2. The molecule has 2 aromatic carbocycles. The van der Waals surface area contributed by atoms with Gasteiger partial charge in [-0.2, -0.15) is 0 Å². The summed E-state index contributed by atoms with van der Waals surface area (Å²) in [4.78, 5) is 41.7. The lowest BCUT2D eigenvalue weighted by Crippen LogP contribution is -2.32. The third kappa shape index (κ3) is 8.64. The van der Waals surface area contributed by atoms with Gasteiger partial charge in [0.1, 0.15) is 11.6 Å². The van der Waals surface area contributed by atoms with Gasteiger partial charge in [-0.1, -0.05) is 26.0 Å². The lowest BCUT2D eigenvalue weighted by atomic mass is 9.83. The quantitative estimate of drug-likeness (QED) is 0.180. The van der Waals surface area contributed by atoms with Gasteiger partial charge in [0.2, 0.25) is 0 Å². The van der Waals surface area contributed by atoms with E-state index in [1.807, 2.05) is 48.7 Å². The highest BCUT2D eigenvalue weighted by molar-refractivity contribution is 5.84. The molecule has 3 aromatic rings. The van der Waals surface area contributed by atoms with Gasteiger partial charge in [0.15, 0.2) is 5.78 Å². The Labute approximate surface area is 277 Å². The van der Waals surface area contributed by atoms with Gasteiger partial charge in [-0.3, -0.25) is 14.4 Å². The van der Waals surface area contributed by atoms with Gasteiger partial charge in [0.05, 0.1) is 12.5 Å². The topological polar surface area (TPSA) is 79.6 Å². The van der Waals surface area contributed by atoms with Gasteiger partial charge in [-0.15, -0.1) is 0 Å². The van der Waals surface area contributed by atoms with E-state index in [9.17, 15) is 19.5 Å². The predicted molar refractivity (Wildman–Crippen MR) is 183 cm³/mol. The van der Waals surface area contributed by atoms with Crippen molar-refractivity contribution >= 4 is 11.8 Å². The van der Waals surface area contributed by atoms with Gasteiger partial charge in [-0.05, 0) is 137 Å². The SMILES string of the molecule is Cc1cc(=O)n(C(CC(C)C)C(=O)C[C@@H](CC(=O)O)c2c(F)c(C)cc(-c3c(C)cc(C4CC4)cc3C)c2F)cc1CCCN(C)C. The number of hydrogen-bond acceptors (Lipinski definition) is 4. The smallest absolute Gasteiger partial charge is 0.303 e. The molecular formula is C39H50F2N2O4. The average Bonchev–Trinajstić information content (AvgIpc) is 3.81. The van der Waals surface area contributed by atoms with E-state index in [0.29, 0.717) is 17.9 Å². The van der Waals surface area contributed by atoms with Crippen molar-refractivity contribution in [1.29, 1.82) is 0 Å². The van der Waals surface area contributed by atoms with Crippen molar-refractivity contribution in [2.75, 3.05) is 20.6 Å². The van der Waals surface area contributed by atoms with Gasteiger partial charge >= 0.3 is 5.97 Å². The summed E-state index contributed by atoms with van der Waals surface area (Å²) in [5.41, 5.74) is 5.06. The number of hydrogen-bond donors (Lipinski definition) is 1. The highest BCUT2D eigenvalue weighted by atomic mass is 19.1. The molecule has 1 fully saturated rings. The van der Waals surface area contributed by atoms with Crippen molar-refractivity contribution in [2.45, 2.75) is 104 Å². The Bertz CT molecular complexity index is 1680. The first-order valence-corrected chi connectivity index (χ1v) is 16.8. The van der Waals surface area contributed by atoms with Gasteiger partial charge in [0, 0.05) is 35.7 Å². The maximum atomic E-state index is 16.6. The summed E-state index contributed by atoms with van der Waals surface area (Å²) < 4.78 is 34.1. The molecule has 0 amide bonds. The Morgan fingerprint density at radius 1 is 0.936 bits per heavy atom. The van der Waals surface area contributed by atoms with Crippen LogP contribution in [0.15, 0.2) is 35.3 Å². The minimum absolute atomic E-state index is 0.0240. The Morgan fingerprint density at radius 3 is 2.13 bits per heavy atom. The van der Waals surface area contributed by atoms with Crippen LogP contribution in [0.2, 0.25) is 0 Å². The van der Waals surface area contributed by atoms with Crippen molar-refractivity contribution in [3.05, 3.63) is 91.4 Å². The molecule has 0 aliphatic heterocycles. The summed E-state index contributed by atoms with van der Waals surface area (Å²) >= 11 is 0. The summed E-state index contributed by atoms with van der Waals surface area (Å²) in [5.74, 6) is -4.09. The summed E-state index contributed by atoms with van der Waals surface area (Å²) in [7, 11) is 3.99. The molecule has 1 aliphatic carbocycles. The third-order valence-electron chi connectivity index (χ3n) is 9.42. The molecule has 1 unspecified atom stereocenters. The number of rotatable bonds is 15. The van der Waals surface area contributed by atoms with E-state index in [1.54, 1.807) is 6.20 Å². The summed E-state index contributed by atoms with van der Waals surface area (Å²) in [6.07, 6.45) is 4.86. The Kier molecular flexibility index (Phi) is 11.6. The zero-order valence-electron chi connectivity index (χ0n) is 29.2. The number of pyridine rings is 1. The zero-order valence-corrected chi connectivity index (χ0v) is 29.2. The van der Waals surface area contributed by atoms with Crippen molar-refractivity contribution in [3.8, 4) is 11.1 Å². The van der Waals surface area contributed by atoms with Crippen LogP contribution in [-0.2, 0) is 16.0 Å². The number of carboxylic acids is 1. The first-order chi connectivity index (χ1) is 22.1. The first kappa shape index (κ1) is 36.2. The van der Waals surface area contributed by atoms with E-state index >= 15 is 8.78 Å². The minimum atomic E-state index is -1.26. The number of ketones is 1. The van der Waals surface area contributed by atoms with Crippen LogP contribution in [0.5, 0.6) is 0 Å². The van der Waals surface area contributed by atoms with Crippen LogP contribution in [0.25, 0.3) is 11.1 Å². The molecule has 47 heavy (non-hydrogen) atoms. The van der Waals surface area contributed by atoms with Crippen molar-refractivity contribution in [2.24, 2.45) is 5.92 Å². The number of halogens is 2. The van der Waals surface area contributed by atoms with E-state index in [1.165, 1.54) is 29.2 Å². The molecule has 0 radical (unpaired) electrons. The van der Waals surface area contributed by atoms with Crippen molar-refractivity contribution in [1.82, 2.24) is 9.47 Å². The summed E-state index contributed by atoms with van der Waals surface area (Å²) in [5, 5.41) is 9.89. The van der Waals surface area contributed by atoms with E-state index < -0.39 is 48.2 Å². The van der Waals surface area contributed by atoms with E-state index in [4.69, 9.17) is 0 Å². The summed E-state index contributed by atoms with van der Waals surface area (Å²) in [6, 6.07) is 6.22. The number of carbonyl (C=O) groups excluding carboxylic acids is 1. The van der Waals surface area contributed by atoms with Crippen LogP contribution in [-0.4, -0.2) is 47.0 Å². The molecule has 6 nitrogen and oxygen atoms in total. The molecule has 0 saturated heterocycles. The fourth-order valence-corrected chi connectivity index (χ4v) is 6.90. The molecule has 1 heterocycles. The zero-order chi connectivity index (χ0) is 34.7. The number of carbonyl (C=O) groups is 2. The van der Waals surface area contributed by atoms with Crippen LogP contribution in [0.3, 0.4) is 0 Å². The number of carboxylic acid groups (broad SMARTS) is 1. The Morgan fingerprint density at radius 2 is 1.57 bits per heavy atom. The largest absolute Gasteiger partial charge is 0.481 e. The van der Waals surface area contributed by atoms with Gasteiger partial charge in [-0.25, -0.2) is 8.78 Å². The molecule has 2 atom stereocenters. The highest BCUT2D eigenvalue weighted by Crippen LogP contribution is 2.44. The monoisotopic (exact) mass is 648 g/mol. The van der Waals surface area contributed by atoms with Crippen LogP contribution in [0.1, 0.15) is 109 Å². The fourth-order valence-electron chi connectivity index (χ4n) is 6.90.